The highest BCUT2D eigenvalue weighted by atomic mass is 79.9. The number of nitrogens with zero attached hydrogens (tertiary/aromatic N) is 7. The molecule has 0 spiro atoms. The number of aliphatic imine (C=N–C) groups is 1. The van der Waals surface area contributed by atoms with Crippen molar-refractivity contribution >= 4 is 143 Å². The number of non-ortho nitro benzene ring substituents is 1. The summed E-state index contributed by atoms with van der Waals surface area (Å²) in [6, 6.07) is 6.16. The number of aromatic amines is 1. The number of carboxylic acid groups (broad SMARTS) is 2. The maximum Gasteiger partial charge on any atom is 0.496 e. The monoisotopic (exact) mass is 1760 g/mol. The Kier molecular flexibility index (Phi) is 73.4. The van der Waals surface area contributed by atoms with E-state index in [9.17, 15) is 29.3 Å². The zero-order valence-electron chi connectivity index (χ0n) is 68.7. The van der Waals surface area contributed by atoms with Crippen molar-refractivity contribution in [3.63, 3.8) is 0 Å². The maximum absolute atomic E-state index is 11.0. The van der Waals surface area contributed by atoms with Crippen LogP contribution in [0.25, 0.3) is 5.53 Å². The highest BCUT2D eigenvalue weighted by molar-refractivity contribution is 9.10. The second-order valence-corrected chi connectivity index (χ2v) is 41.1. The fourth-order valence-electron chi connectivity index (χ4n) is 7.95. The molecule has 11 N–H and O–H groups in total. The van der Waals surface area contributed by atoms with Gasteiger partial charge >= 0.3 is 24.7 Å². The van der Waals surface area contributed by atoms with Gasteiger partial charge in [-0.3, -0.25) is 39.7 Å². The first-order valence-corrected chi connectivity index (χ1v) is 46.0. The number of benzene rings is 1. The van der Waals surface area contributed by atoms with Crippen molar-refractivity contribution < 1.29 is 67.4 Å². The first-order chi connectivity index (χ1) is 52.0. The third-order valence-electron chi connectivity index (χ3n) is 14.4. The molecule has 0 bridgehead atoms. The Hall–Kier alpha value is -6.95. The van der Waals surface area contributed by atoms with E-state index in [1.165, 1.54) is 35.5 Å². The summed E-state index contributed by atoms with van der Waals surface area (Å²) >= 11 is 16.8. The lowest BCUT2D eigenvalue weighted by molar-refractivity contribution is -0.384. The predicted molar refractivity (Wildman–Crippen MR) is 470 cm³/mol. The van der Waals surface area contributed by atoms with Crippen molar-refractivity contribution in [2.45, 2.75) is 188 Å². The molecule has 628 valence electrons. The number of carboxylic acids is 2. The van der Waals surface area contributed by atoms with Crippen LogP contribution in [-0.4, -0.2) is 194 Å². The Balaban J connectivity index is -0.000000281. The van der Waals surface area contributed by atoms with E-state index in [2.05, 4.69) is 189 Å². The molecule has 28 nitrogen and oxygen atoms in total. The molecule has 2 aromatic heterocycles. The van der Waals surface area contributed by atoms with E-state index < -0.39 is 51.6 Å². The lowest BCUT2D eigenvalue weighted by Crippen LogP contribution is -2.48. The zero-order chi connectivity index (χ0) is 86.7. The normalized spacial score (nSPS) is 13.5. The number of ether oxygens (including phenoxy) is 3. The van der Waals surface area contributed by atoms with Crippen LogP contribution < -0.4 is 32.9 Å². The smallest absolute Gasteiger partial charge is 0.481 e. The van der Waals surface area contributed by atoms with Crippen LogP contribution in [0, 0.1) is 32.8 Å². The number of carbonyl (C=O) groups excluding carboxylic acids is 3. The molecule has 35 heteroatoms. The molecule has 6 unspecified atom stereocenters. The molecule has 0 saturated carbocycles. The molecule has 1 aromatic carbocycles. The van der Waals surface area contributed by atoms with Crippen LogP contribution >= 0.6 is 55.1 Å². The number of ketones is 2. The number of nitrogens with two attached hydrogens (primary N) is 2. The molecule has 2 aliphatic heterocycles. The van der Waals surface area contributed by atoms with Crippen molar-refractivity contribution in [3.05, 3.63) is 156 Å². The van der Waals surface area contributed by atoms with Gasteiger partial charge in [-0.25, -0.2) is 14.8 Å². The molecule has 0 aliphatic carbocycles. The minimum Gasteiger partial charge on any atom is -0.481 e. The van der Waals surface area contributed by atoms with Gasteiger partial charge in [0.15, 0.2) is 10.5 Å². The average Bonchev–Trinajstić information content (AvgIpc) is 1.53. The molecule has 1 saturated heterocycles. The molecule has 5 rings (SSSR count). The number of anilines is 1. The minimum atomic E-state index is -1.01. The summed E-state index contributed by atoms with van der Waals surface area (Å²) in [5.41, 5.74) is 22.1. The number of nitro benzene ring substituents is 1. The number of allylic oxidation sites excluding steroid dienone is 4. The fourth-order valence-corrected chi connectivity index (χ4v) is 10.4. The second-order valence-electron chi connectivity index (χ2n) is 28.1. The molecule has 4 heterocycles. The van der Waals surface area contributed by atoms with Crippen LogP contribution in [0.2, 0.25) is 51.4 Å². The third-order valence-corrected chi connectivity index (χ3v) is 19.2. The Morgan fingerprint density at radius 3 is 1.69 bits per heavy atom. The summed E-state index contributed by atoms with van der Waals surface area (Å²) in [6.07, 6.45) is 27.7. The number of nitro groups is 1. The van der Waals surface area contributed by atoms with Crippen molar-refractivity contribution in [1.29, 1.82) is 5.41 Å². The summed E-state index contributed by atoms with van der Waals surface area (Å²) in [5.74, 6) is 0.143. The first kappa shape index (κ1) is 115. The van der Waals surface area contributed by atoms with Gasteiger partial charge in [0.05, 0.1) is 47.3 Å². The standard InChI is InChI=1S/C14H25BrN2OSi.C11H15BN2O4.C9H13N.C8H12N2.C7H12BrNO.C7H11N3O.C6H15ClOSi.C6H11NO2.C5H9ClO2.C2H4O2.CH4N2/c1-6-7-12(2)13-10-17(14(15)16-13)11-18-8-9-19(3,4)5;1-11(2)6-17-12(18-7-11)9-4-3-8(14(15)16)5-10(9)13;1-3-4-8(2)9-5-6-10-7-9;1-3-4-7(2)8-5-9-6-10-8;1-3-4-6(9-2)7(10)5-8;1-3-4-6(9-2)7(11)5-10-8;1-9(2,3)5-4-8-6-7;1-3-4-5(7-2)6(8)9;1-4(2)3-8-5(6)7;1-2(3)4;2-1-3/h6,10,12H,1,7-9,11H2,2-5H3;3-5H,6-7,13H2,1-2H3;3,6-8H,1,4-5H2,2H3;3,5-7H,1,4H2,2H3,(H,9,10);3,6,9H,1,4-5H2,2H3;3,5-6,9H,1,4H2,2H3;4-6H2,1-3H3;3,5,7H,1,4H2,2H3,(H,8,9);4H,3H2,1-2H3;1H3,(H,3,4);1H,(H3,2,3). The van der Waals surface area contributed by atoms with Crippen molar-refractivity contribution in [2.24, 2.45) is 28.0 Å². The van der Waals surface area contributed by atoms with E-state index in [0.29, 0.717) is 92.0 Å². The Morgan fingerprint density at radius 2 is 1.32 bits per heavy atom. The number of likely N-dealkylation sites (N-methyl/N-ethyl adjacent to an activating group) is 3. The number of hydrogen-bond acceptors (Lipinski definition) is 20. The van der Waals surface area contributed by atoms with Gasteiger partial charge in [0, 0.05) is 139 Å². The maximum atomic E-state index is 11.0. The van der Waals surface area contributed by atoms with Gasteiger partial charge in [-0.2, -0.15) is 4.79 Å². The number of imidazole rings is 2. The van der Waals surface area contributed by atoms with Crippen molar-refractivity contribution in [2.75, 3.05) is 71.3 Å². The number of halogens is 4. The highest BCUT2D eigenvalue weighted by Gasteiger charge is 2.35. The number of aliphatic carboxylic acids is 2. The van der Waals surface area contributed by atoms with Gasteiger partial charge in [0.25, 0.3) is 17.4 Å². The summed E-state index contributed by atoms with van der Waals surface area (Å²) in [6.45, 7) is 55.0. The fraction of sp³-hybridized carbons (Fsp3) is 0.553. The molecule has 0 amide bonds. The summed E-state index contributed by atoms with van der Waals surface area (Å²) in [7, 11) is 2.62. The number of H-pyrrole nitrogens is 1. The average molecular weight is 1760 g/mol. The van der Waals surface area contributed by atoms with Crippen molar-refractivity contribution in [1.82, 2.24) is 35.5 Å². The Bertz CT molecular complexity index is 3210. The highest BCUT2D eigenvalue weighted by Crippen LogP contribution is 2.25. The largest absolute Gasteiger partial charge is 0.496 e. The van der Waals surface area contributed by atoms with E-state index >= 15 is 0 Å². The van der Waals surface area contributed by atoms with E-state index in [0.717, 1.165) is 68.8 Å². The number of carbonyl (C=O) groups is 5. The number of Topliss-reactive ketones (excluding diaryl/α,β-unsaturated/α-hetero) is 2. The number of aromatic nitrogens is 4. The molecule has 1 fully saturated rings. The molecule has 2 aliphatic rings. The van der Waals surface area contributed by atoms with E-state index in [1.54, 1.807) is 51.8 Å². The number of nitrogens with one attached hydrogen (secondary N) is 5. The van der Waals surface area contributed by atoms with Gasteiger partial charge in [-0.15, -0.1) is 39.5 Å². The molecule has 0 radical (unpaired) electrons. The quantitative estimate of drug-likeness (QED) is 0.00212. The summed E-state index contributed by atoms with van der Waals surface area (Å²) in [5, 5.41) is 41.0. The van der Waals surface area contributed by atoms with Crippen LogP contribution in [0.1, 0.15) is 124 Å². The lowest BCUT2D eigenvalue weighted by Gasteiger charge is -2.33. The van der Waals surface area contributed by atoms with E-state index in [4.69, 9.17) is 73.7 Å². The van der Waals surface area contributed by atoms with Gasteiger partial charge < -0.3 is 76.2 Å². The predicted octanol–water partition coefficient (Wildman–Crippen LogP) is 15.8. The molecular formula is C76H131BBr2Cl2N14O14Si2. The second kappa shape index (κ2) is 70.9. The van der Waals surface area contributed by atoms with Crippen molar-refractivity contribution in [3.8, 4) is 0 Å². The van der Waals surface area contributed by atoms with Crippen LogP contribution in [0.5, 0.6) is 0 Å². The third kappa shape index (κ3) is 68.4. The van der Waals surface area contributed by atoms with Crippen LogP contribution in [0.15, 0.2) is 134 Å². The number of rotatable bonds is 36. The molecular weight excluding hydrogens is 1630 g/mol. The first-order valence-electron chi connectivity index (χ1n) is 35.8. The summed E-state index contributed by atoms with van der Waals surface area (Å²) < 4.78 is 29.2. The Morgan fingerprint density at radius 1 is 0.847 bits per heavy atom. The van der Waals surface area contributed by atoms with Crippen LogP contribution in [-0.2, 0) is 49.4 Å². The van der Waals surface area contributed by atoms with E-state index in [-0.39, 0.29) is 34.8 Å². The lowest BCUT2D eigenvalue weighted by atomic mass is 9.75. The Labute approximate surface area is 690 Å². The number of hydrogen-bond donors (Lipinski definition) is 9. The number of alkyl halides is 2. The van der Waals surface area contributed by atoms with Gasteiger partial charge in [-0.05, 0) is 105 Å². The summed E-state index contributed by atoms with van der Waals surface area (Å²) in [4.78, 5) is 79.4. The van der Waals surface area contributed by atoms with Gasteiger partial charge in [-0.1, -0.05) is 158 Å². The topological polar surface area (TPSA) is 422 Å². The zero-order valence-corrected chi connectivity index (χ0v) is 75.4. The molecule has 111 heavy (non-hydrogen) atoms. The van der Waals surface area contributed by atoms with E-state index in [1.807, 2.05) is 69.1 Å². The van der Waals surface area contributed by atoms with Crippen LogP contribution in [0.3, 0.4) is 0 Å². The SMILES string of the molecule is C=CCC(C)C1=CN=CC1.C=CCC(C)c1cn(COCC[Si](C)(C)C)c(Br)n1.C=CCC(C)c1cnc[nH]1.C=CCC(NC)C(=O)C=[N+]=[N-].C=CCC(NC)C(=O)CBr.C=CCC(NC)C(=O)O.CC(=O)O.CC(C)COC(=O)Cl.CC1(C)COB(c2ccc([N+](=O)[O-])cc2N)OC1.C[Si](C)(C)CCOCCl.N=CN. The minimum absolute atomic E-state index is 0.0218. The van der Waals surface area contributed by atoms with Crippen LogP contribution in [0.4, 0.5) is 16.2 Å². The van der Waals surface area contributed by atoms with Gasteiger partial charge in [0.2, 0.25) is 0 Å². The molecule has 6 atom stereocenters. The number of nitrogen functional groups attached to an aromatic ring is 1. The van der Waals surface area contributed by atoms with Gasteiger partial charge in [0.1, 0.15) is 18.8 Å². The molecule has 3 aromatic rings.